The van der Waals surface area contributed by atoms with Crippen LogP contribution in [0, 0.1) is 6.92 Å². The molecule has 3 aromatic carbocycles. The zero-order valence-electron chi connectivity index (χ0n) is 18.5. The first-order chi connectivity index (χ1) is 16.3. The van der Waals surface area contributed by atoms with Crippen molar-refractivity contribution in [1.82, 2.24) is 14.5 Å². The van der Waals surface area contributed by atoms with E-state index in [1.807, 2.05) is 25.1 Å². The predicted molar refractivity (Wildman–Crippen MR) is 132 cm³/mol. The minimum absolute atomic E-state index is 0.0122. The van der Waals surface area contributed by atoms with Gasteiger partial charge in [-0.25, -0.2) is 18.4 Å². The number of carbonyl (C=O) groups excluding carboxylic acids is 1. The van der Waals surface area contributed by atoms with E-state index >= 15 is 0 Å². The van der Waals surface area contributed by atoms with Gasteiger partial charge in [0.2, 0.25) is 15.7 Å². The Bertz CT molecular complexity index is 1670. The molecule has 5 aromatic rings. The lowest BCUT2D eigenvalue weighted by atomic mass is 10.2. The van der Waals surface area contributed by atoms with E-state index in [0.29, 0.717) is 28.1 Å². The Labute approximate surface area is 196 Å². The molecule has 5 rings (SSSR count). The first-order valence-corrected chi connectivity index (χ1v) is 12.0. The molecule has 1 amide bonds. The number of nitrogen functional groups attached to an aromatic ring is 1. The van der Waals surface area contributed by atoms with Gasteiger partial charge in [0.25, 0.3) is 0 Å². The molecule has 0 aliphatic rings. The average molecular weight is 472 g/mol. The van der Waals surface area contributed by atoms with Crippen LogP contribution >= 0.6 is 0 Å². The van der Waals surface area contributed by atoms with Crippen LogP contribution in [-0.4, -0.2) is 28.9 Å². The van der Waals surface area contributed by atoms with Gasteiger partial charge in [-0.05, 0) is 55.5 Å². The number of carbonyl (C=O) groups is 1. The highest BCUT2D eigenvalue weighted by atomic mass is 32.2. The molecule has 0 bridgehead atoms. The van der Waals surface area contributed by atoms with Crippen molar-refractivity contribution in [3.63, 3.8) is 0 Å². The van der Waals surface area contributed by atoms with E-state index in [9.17, 15) is 13.2 Å². The summed E-state index contributed by atoms with van der Waals surface area (Å²) >= 11 is 0. The third-order valence-corrected chi connectivity index (χ3v) is 7.33. The number of benzene rings is 3. The van der Waals surface area contributed by atoms with Gasteiger partial charge in [0, 0.05) is 18.3 Å². The fourth-order valence-electron chi connectivity index (χ4n) is 3.89. The second-order valence-corrected chi connectivity index (χ2v) is 9.87. The smallest absolute Gasteiger partial charge is 0.221 e. The molecule has 0 atom stereocenters. The average Bonchev–Trinajstić information content (AvgIpc) is 3.09. The summed E-state index contributed by atoms with van der Waals surface area (Å²) in [6.45, 7) is 3.31. The van der Waals surface area contributed by atoms with E-state index in [0.717, 1.165) is 5.56 Å². The quantitative estimate of drug-likeness (QED) is 0.404. The van der Waals surface area contributed by atoms with Gasteiger partial charge in [-0.3, -0.25) is 9.36 Å². The largest absolute Gasteiger partial charge is 0.384 e. The predicted octanol–water partition coefficient (Wildman–Crippen LogP) is 4.26. The van der Waals surface area contributed by atoms with Gasteiger partial charge < -0.3 is 11.1 Å². The number of amides is 1. The molecular formula is C25H21N5O3S. The van der Waals surface area contributed by atoms with E-state index in [1.54, 1.807) is 59.2 Å². The number of aromatic nitrogens is 3. The highest BCUT2D eigenvalue weighted by Crippen LogP contribution is 2.37. The van der Waals surface area contributed by atoms with Crippen molar-refractivity contribution in [1.29, 1.82) is 0 Å². The van der Waals surface area contributed by atoms with Crippen molar-refractivity contribution >= 4 is 49.4 Å². The van der Waals surface area contributed by atoms with Crippen LogP contribution in [0.2, 0.25) is 0 Å². The van der Waals surface area contributed by atoms with Crippen molar-refractivity contribution in [2.45, 2.75) is 23.6 Å². The Morgan fingerprint density at radius 2 is 1.53 bits per heavy atom. The molecule has 2 heterocycles. The number of rotatable bonds is 4. The van der Waals surface area contributed by atoms with Crippen molar-refractivity contribution < 1.29 is 13.2 Å². The zero-order chi connectivity index (χ0) is 24.0. The highest BCUT2D eigenvalue weighted by molar-refractivity contribution is 7.92. The summed E-state index contributed by atoms with van der Waals surface area (Å²) in [6.07, 6.45) is 0. The Hall–Kier alpha value is -4.24. The van der Waals surface area contributed by atoms with E-state index in [1.165, 1.54) is 6.92 Å². The molecule has 0 aliphatic carbocycles. The lowest BCUT2D eigenvalue weighted by Crippen LogP contribution is -2.08. The number of aryl methyl sites for hydroxylation is 1. The Balaban J connectivity index is 1.81. The van der Waals surface area contributed by atoms with Crippen LogP contribution in [0.5, 0.6) is 0 Å². The Morgan fingerprint density at radius 1 is 0.912 bits per heavy atom. The molecule has 0 aliphatic heterocycles. The van der Waals surface area contributed by atoms with Crippen LogP contribution in [0.4, 0.5) is 11.5 Å². The molecule has 170 valence electrons. The third-order valence-electron chi connectivity index (χ3n) is 5.50. The van der Waals surface area contributed by atoms with Gasteiger partial charge in [0.1, 0.15) is 16.2 Å². The van der Waals surface area contributed by atoms with E-state index in [4.69, 9.17) is 10.7 Å². The number of fused-ring (bicyclic) bond motifs is 2. The van der Waals surface area contributed by atoms with Gasteiger partial charge in [-0.15, -0.1) is 0 Å². The van der Waals surface area contributed by atoms with Crippen LogP contribution in [0.15, 0.2) is 82.6 Å². The van der Waals surface area contributed by atoms with Gasteiger partial charge in [0.15, 0.2) is 5.65 Å². The van der Waals surface area contributed by atoms with Gasteiger partial charge >= 0.3 is 0 Å². The number of nitrogens with one attached hydrogen (secondary N) is 1. The molecule has 34 heavy (non-hydrogen) atoms. The summed E-state index contributed by atoms with van der Waals surface area (Å²) in [5.74, 6) is -0.180. The number of nitrogens with zero attached hydrogens (tertiary/aromatic N) is 3. The molecule has 0 fully saturated rings. The van der Waals surface area contributed by atoms with Crippen molar-refractivity contribution in [3.05, 3.63) is 78.4 Å². The molecule has 0 radical (unpaired) electrons. The van der Waals surface area contributed by atoms with E-state index in [-0.39, 0.29) is 27.0 Å². The normalized spacial score (nSPS) is 11.7. The lowest BCUT2D eigenvalue weighted by molar-refractivity contribution is -0.114. The zero-order valence-corrected chi connectivity index (χ0v) is 19.3. The second-order valence-electron chi connectivity index (χ2n) is 7.98. The van der Waals surface area contributed by atoms with Crippen LogP contribution in [0.25, 0.3) is 27.9 Å². The van der Waals surface area contributed by atoms with Crippen molar-refractivity contribution in [2.24, 2.45) is 0 Å². The van der Waals surface area contributed by atoms with Crippen LogP contribution < -0.4 is 11.1 Å². The minimum atomic E-state index is -4.00. The first kappa shape index (κ1) is 21.6. The molecule has 8 nitrogen and oxygen atoms in total. The molecule has 0 saturated carbocycles. The topological polar surface area (TPSA) is 120 Å². The summed E-state index contributed by atoms with van der Waals surface area (Å²) in [5.41, 5.74) is 10.4. The molecule has 0 saturated heterocycles. The molecule has 3 N–H and O–H groups in total. The van der Waals surface area contributed by atoms with Crippen molar-refractivity contribution in [2.75, 3.05) is 11.1 Å². The molecule has 0 unspecified atom stereocenters. The van der Waals surface area contributed by atoms with Crippen LogP contribution in [0.1, 0.15) is 12.5 Å². The maximum atomic E-state index is 13.7. The minimum Gasteiger partial charge on any atom is -0.384 e. The highest BCUT2D eigenvalue weighted by Gasteiger charge is 2.30. The van der Waals surface area contributed by atoms with Crippen molar-refractivity contribution in [3.8, 4) is 5.69 Å². The van der Waals surface area contributed by atoms with Gasteiger partial charge in [-0.2, -0.15) is 0 Å². The third kappa shape index (κ3) is 3.56. The molecular weight excluding hydrogens is 450 g/mol. The Kier molecular flexibility index (Phi) is 5.06. The molecule has 2 aromatic heterocycles. The number of para-hydroxylation sites is 2. The number of hydrogen-bond acceptors (Lipinski definition) is 6. The molecule has 9 heteroatoms. The maximum absolute atomic E-state index is 13.7. The standard InChI is InChI=1S/C25H21N5O3S/c1-15-7-13-19(14-8-15)34(32,33)23-22-25(29-21-6-4-3-5-20(21)28-22)30(24(23)26)18-11-9-17(10-12-18)27-16(2)31/h3-14H,26H2,1-2H3,(H,27,31). The number of hydrogen-bond donors (Lipinski definition) is 2. The van der Waals surface area contributed by atoms with E-state index < -0.39 is 9.84 Å². The summed E-state index contributed by atoms with van der Waals surface area (Å²) < 4.78 is 29.0. The van der Waals surface area contributed by atoms with E-state index in [2.05, 4.69) is 10.3 Å². The van der Waals surface area contributed by atoms with Gasteiger partial charge in [0.05, 0.1) is 15.9 Å². The summed E-state index contributed by atoms with van der Waals surface area (Å²) in [4.78, 5) is 20.8. The summed E-state index contributed by atoms with van der Waals surface area (Å²) in [6, 6.07) is 20.7. The monoisotopic (exact) mass is 471 g/mol. The van der Waals surface area contributed by atoms with Gasteiger partial charge in [-0.1, -0.05) is 29.8 Å². The fraction of sp³-hybridized carbons (Fsp3) is 0.0800. The summed E-state index contributed by atoms with van der Waals surface area (Å²) in [5, 5.41) is 2.71. The number of sulfone groups is 1. The lowest BCUT2D eigenvalue weighted by Gasteiger charge is -2.10. The maximum Gasteiger partial charge on any atom is 0.221 e. The molecule has 0 spiro atoms. The fourth-order valence-corrected chi connectivity index (χ4v) is 5.38. The number of anilines is 2. The number of nitrogens with two attached hydrogens (primary N) is 1. The Morgan fingerprint density at radius 3 is 2.15 bits per heavy atom. The SMILES string of the molecule is CC(=O)Nc1ccc(-n2c(N)c(S(=O)(=O)c3ccc(C)cc3)c3nc4ccccc4nc32)cc1. The van der Waals surface area contributed by atoms with Crippen LogP contribution in [-0.2, 0) is 14.6 Å². The summed E-state index contributed by atoms with van der Waals surface area (Å²) in [7, 11) is -4.00. The van der Waals surface area contributed by atoms with Crippen LogP contribution in [0.3, 0.4) is 0 Å². The second kappa shape index (κ2) is 7.96. The first-order valence-electron chi connectivity index (χ1n) is 10.5.